The standard InChI is InChI=1S/C25H36N2O3/c1-5-6-7-15-29-21-10-8-19(9-11-21)25-22-18-24(30-16-14-27(2)3)23(28-4)17-20(22)12-13-26-25/h8-11,17-18,25-26H,5-7,12-16H2,1-4H3. The molecule has 1 unspecified atom stereocenters. The van der Waals surface area contributed by atoms with E-state index < -0.39 is 0 Å². The molecule has 2 aromatic rings. The molecule has 0 aliphatic carbocycles. The number of hydrogen-bond acceptors (Lipinski definition) is 5. The van der Waals surface area contributed by atoms with E-state index in [1.165, 1.54) is 29.5 Å². The molecule has 1 N–H and O–H groups in total. The topological polar surface area (TPSA) is 43.0 Å². The van der Waals surface area contributed by atoms with Crippen molar-refractivity contribution >= 4 is 0 Å². The second-order valence-corrected chi connectivity index (χ2v) is 8.12. The van der Waals surface area contributed by atoms with Gasteiger partial charge in [-0.25, -0.2) is 0 Å². The molecular weight excluding hydrogens is 376 g/mol. The Morgan fingerprint density at radius 1 is 1.00 bits per heavy atom. The van der Waals surface area contributed by atoms with E-state index in [0.717, 1.165) is 49.8 Å². The van der Waals surface area contributed by atoms with Gasteiger partial charge in [-0.3, -0.25) is 0 Å². The summed E-state index contributed by atoms with van der Waals surface area (Å²) >= 11 is 0. The van der Waals surface area contributed by atoms with Crippen molar-refractivity contribution in [2.45, 2.75) is 38.6 Å². The van der Waals surface area contributed by atoms with Crippen molar-refractivity contribution in [3.63, 3.8) is 0 Å². The predicted molar refractivity (Wildman–Crippen MR) is 122 cm³/mol. The zero-order chi connectivity index (χ0) is 21.3. The molecule has 3 rings (SSSR count). The fourth-order valence-corrected chi connectivity index (χ4v) is 3.77. The summed E-state index contributed by atoms with van der Waals surface area (Å²) < 4.78 is 17.5. The van der Waals surface area contributed by atoms with Crippen LogP contribution in [-0.4, -0.2) is 52.4 Å². The molecule has 5 nitrogen and oxygen atoms in total. The van der Waals surface area contributed by atoms with E-state index in [0.29, 0.717) is 6.61 Å². The smallest absolute Gasteiger partial charge is 0.161 e. The van der Waals surface area contributed by atoms with Crippen molar-refractivity contribution in [2.75, 3.05) is 47.5 Å². The van der Waals surface area contributed by atoms with E-state index in [9.17, 15) is 0 Å². The molecule has 0 fully saturated rings. The van der Waals surface area contributed by atoms with Crippen molar-refractivity contribution in [2.24, 2.45) is 0 Å². The first-order valence-corrected chi connectivity index (χ1v) is 11.1. The largest absolute Gasteiger partial charge is 0.494 e. The number of nitrogens with zero attached hydrogens (tertiary/aromatic N) is 1. The van der Waals surface area contributed by atoms with Crippen LogP contribution in [0.25, 0.3) is 0 Å². The number of rotatable bonds is 11. The maximum absolute atomic E-state index is 6.06. The van der Waals surface area contributed by atoms with Gasteiger partial charge in [0.05, 0.1) is 19.8 Å². The second-order valence-electron chi connectivity index (χ2n) is 8.12. The summed E-state index contributed by atoms with van der Waals surface area (Å²) in [6.45, 7) is 5.42. The molecule has 5 heteroatoms. The van der Waals surface area contributed by atoms with Crippen molar-refractivity contribution in [1.82, 2.24) is 10.2 Å². The van der Waals surface area contributed by atoms with Gasteiger partial charge in [-0.2, -0.15) is 0 Å². The first kappa shape index (κ1) is 22.4. The van der Waals surface area contributed by atoms with Crippen LogP contribution in [0.15, 0.2) is 36.4 Å². The van der Waals surface area contributed by atoms with Crippen molar-refractivity contribution in [1.29, 1.82) is 0 Å². The zero-order valence-corrected chi connectivity index (χ0v) is 18.9. The number of unbranched alkanes of at least 4 members (excludes halogenated alkanes) is 2. The van der Waals surface area contributed by atoms with Crippen LogP contribution in [0.2, 0.25) is 0 Å². The minimum atomic E-state index is 0.144. The normalized spacial score (nSPS) is 15.7. The average Bonchev–Trinajstić information content (AvgIpc) is 2.76. The Balaban J connectivity index is 1.76. The van der Waals surface area contributed by atoms with Crippen LogP contribution < -0.4 is 19.5 Å². The predicted octanol–water partition coefficient (Wildman–Crippen LogP) is 4.44. The fourth-order valence-electron chi connectivity index (χ4n) is 3.77. The molecule has 1 atom stereocenters. The average molecular weight is 413 g/mol. The molecule has 164 valence electrons. The number of likely N-dealkylation sites (N-methyl/N-ethyl adjacent to an activating group) is 1. The molecular formula is C25H36N2O3. The van der Waals surface area contributed by atoms with E-state index in [4.69, 9.17) is 14.2 Å². The van der Waals surface area contributed by atoms with Gasteiger partial charge in [0.25, 0.3) is 0 Å². The lowest BCUT2D eigenvalue weighted by molar-refractivity contribution is 0.250. The Hall–Kier alpha value is -2.24. The molecule has 1 aliphatic heterocycles. The Kier molecular flexibility index (Phi) is 8.40. The zero-order valence-electron chi connectivity index (χ0n) is 18.9. The van der Waals surface area contributed by atoms with E-state index in [1.807, 2.05) is 14.1 Å². The van der Waals surface area contributed by atoms with Crippen molar-refractivity contribution in [3.8, 4) is 17.2 Å². The Morgan fingerprint density at radius 3 is 2.50 bits per heavy atom. The lowest BCUT2D eigenvalue weighted by Crippen LogP contribution is -2.30. The van der Waals surface area contributed by atoms with Crippen LogP contribution in [0.4, 0.5) is 0 Å². The van der Waals surface area contributed by atoms with Gasteiger partial charge in [-0.1, -0.05) is 31.9 Å². The third kappa shape index (κ3) is 5.89. The number of methoxy groups -OCH3 is 1. The van der Waals surface area contributed by atoms with Gasteiger partial charge in [0.1, 0.15) is 12.4 Å². The van der Waals surface area contributed by atoms with Crippen LogP contribution in [0, 0.1) is 0 Å². The first-order chi connectivity index (χ1) is 14.6. The number of benzene rings is 2. The van der Waals surface area contributed by atoms with Gasteiger partial charge in [0.15, 0.2) is 11.5 Å². The Labute approximate surface area is 181 Å². The van der Waals surface area contributed by atoms with Gasteiger partial charge in [0.2, 0.25) is 0 Å². The maximum atomic E-state index is 6.06. The number of ether oxygens (including phenoxy) is 3. The SMILES string of the molecule is CCCCCOc1ccc(C2NCCc3cc(OC)c(OCCN(C)C)cc32)cc1. The summed E-state index contributed by atoms with van der Waals surface area (Å²) in [6, 6.07) is 12.9. The Morgan fingerprint density at radius 2 is 1.80 bits per heavy atom. The maximum Gasteiger partial charge on any atom is 0.161 e. The highest BCUT2D eigenvalue weighted by Crippen LogP contribution is 2.37. The van der Waals surface area contributed by atoms with Crippen LogP contribution in [0.5, 0.6) is 17.2 Å². The van der Waals surface area contributed by atoms with E-state index in [2.05, 4.69) is 53.5 Å². The van der Waals surface area contributed by atoms with Crippen LogP contribution in [0.3, 0.4) is 0 Å². The van der Waals surface area contributed by atoms with Gasteiger partial charge >= 0.3 is 0 Å². The molecule has 0 aromatic heterocycles. The number of hydrogen-bond donors (Lipinski definition) is 1. The summed E-state index contributed by atoms with van der Waals surface area (Å²) in [7, 11) is 5.80. The second kappa shape index (κ2) is 11.2. The summed E-state index contributed by atoms with van der Waals surface area (Å²) in [5, 5.41) is 3.66. The lowest BCUT2D eigenvalue weighted by Gasteiger charge is -2.29. The first-order valence-electron chi connectivity index (χ1n) is 11.1. The fraction of sp³-hybridized carbons (Fsp3) is 0.520. The molecule has 0 saturated heterocycles. The van der Waals surface area contributed by atoms with Gasteiger partial charge < -0.3 is 24.4 Å². The van der Waals surface area contributed by atoms with Gasteiger partial charge in [-0.05, 0) is 67.9 Å². The molecule has 0 bridgehead atoms. The Bertz CT molecular complexity index is 790. The molecule has 2 aromatic carbocycles. The monoisotopic (exact) mass is 412 g/mol. The molecule has 0 radical (unpaired) electrons. The molecule has 0 amide bonds. The van der Waals surface area contributed by atoms with Crippen molar-refractivity contribution in [3.05, 3.63) is 53.1 Å². The highest BCUT2D eigenvalue weighted by molar-refractivity contribution is 5.52. The molecule has 0 spiro atoms. The molecule has 30 heavy (non-hydrogen) atoms. The summed E-state index contributed by atoms with van der Waals surface area (Å²) in [4.78, 5) is 2.11. The van der Waals surface area contributed by atoms with Crippen LogP contribution in [-0.2, 0) is 6.42 Å². The third-order valence-corrected chi connectivity index (χ3v) is 5.51. The molecule has 1 aliphatic rings. The molecule has 1 heterocycles. The number of fused-ring (bicyclic) bond motifs is 1. The summed E-state index contributed by atoms with van der Waals surface area (Å²) in [6.07, 6.45) is 4.51. The highest BCUT2D eigenvalue weighted by atomic mass is 16.5. The van der Waals surface area contributed by atoms with E-state index in [-0.39, 0.29) is 6.04 Å². The quantitative estimate of drug-likeness (QED) is 0.553. The summed E-state index contributed by atoms with van der Waals surface area (Å²) in [5.74, 6) is 2.56. The van der Waals surface area contributed by atoms with E-state index in [1.54, 1.807) is 7.11 Å². The van der Waals surface area contributed by atoms with Crippen molar-refractivity contribution < 1.29 is 14.2 Å². The lowest BCUT2D eigenvalue weighted by atomic mass is 9.89. The third-order valence-electron chi connectivity index (χ3n) is 5.51. The molecule has 0 saturated carbocycles. The number of nitrogens with one attached hydrogen (secondary N) is 1. The minimum Gasteiger partial charge on any atom is -0.494 e. The summed E-state index contributed by atoms with van der Waals surface area (Å²) in [5.41, 5.74) is 3.82. The van der Waals surface area contributed by atoms with E-state index >= 15 is 0 Å². The minimum absolute atomic E-state index is 0.144. The highest BCUT2D eigenvalue weighted by Gasteiger charge is 2.24. The van der Waals surface area contributed by atoms with Gasteiger partial charge in [-0.15, -0.1) is 0 Å². The van der Waals surface area contributed by atoms with Gasteiger partial charge in [0, 0.05) is 13.1 Å². The van der Waals surface area contributed by atoms with Crippen LogP contribution in [0.1, 0.15) is 48.9 Å². The van der Waals surface area contributed by atoms with Crippen LogP contribution >= 0.6 is 0 Å².